The summed E-state index contributed by atoms with van der Waals surface area (Å²) in [5.41, 5.74) is 2.06. The first-order valence-corrected chi connectivity index (χ1v) is 7.27. The van der Waals surface area contributed by atoms with Crippen molar-refractivity contribution in [3.63, 3.8) is 0 Å². The van der Waals surface area contributed by atoms with Crippen LogP contribution in [0.2, 0.25) is 5.02 Å². The van der Waals surface area contributed by atoms with Crippen LogP contribution < -0.4 is 5.32 Å². The Kier molecular flexibility index (Phi) is 5.76. The summed E-state index contributed by atoms with van der Waals surface area (Å²) in [6, 6.07) is 13.8. The summed E-state index contributed by atoms with van der Waals surface area (Å²) >= 11 is 5.90. The molecular formula is C17H17ClFNO. The zero-order valence-electron chi connectivity index (χ0n) is 11.6. The molecular weight excluding hydrogens is 289 g/mol. The first kappa shape index (κ1) is 15.5. The zero-order valence-corrected chi connectivity index (χ0v) is 12.4. The third kappa shape index (κ3) is 5.56. The maximum absolute atomic E-state index is 12.7. The smallest absolute Gasteiger partial charge is 0.220 e. The molecule has 0 radical (unpaired) electrons. The molecule has 0 aromatic heterocycles. The van der Waals surface area contributed by atoms with Gasteiger partial charge in [-0.15, -0.1) is 0 Å². The van der Waals surface area contributed by atoms with Gasteiger partial charge in [0.15, 0.2) is 0 Å². The maximum atomic E-state index is 12.7. The van der Waals surface area contributed by atoms with Crippen LogP contribution in [0.5, 0.6) is 0 Å². The number of carbonyl (C=O) groups is 1. The van der Waals surface area contributed by atoms with Crippen molar-refractivity contribution in [3.05, 3.63) is 70.5 Å². The highest BCUT2D eigenvalue weighted by Gasteiger charge is 2.03. The van der Waals surface area contributed by atoms with Gasteiger partial charge in [0.05, 0.1) is 0 Å². The predicted molar refractivity (Wildman–Crippen MR) is 82.9 cm³/mol. The highest BCUT2D eigenvalue weighted by Crippen LogP contribution is 2.12. The summed E-state index contributed by atoms with van der Waals surface area (Å²) in [6.45, 7) is 0.556. The zero-order chi connectivity index (χ0) is 15.1. The van der Waals surface area contributed by atoms with Crippen LogP contribution in [0.25, 0.3) is 0 Å². The van der Waals surface area contributed by atoms with Gasteiger partial charge in [0.2, 0.25) is 5.91 Å². The molecule has 0 saturated carbocycles. The highest BCUT2D eigenvalue weighted by atomic mass is 35.5. The number of hydrogen-bond acceptors (Lipinski definition) is 1. The molecule has 21 heavy (non-hydrogen) atoms. The normalized spacial score (nSPS) is 10.4. The lowest BCUT2D eigenvalue weighted by atomic mass is 10.1. The van der Waals surface area contributed by atoms with Gasteiger partial charge < -0.3 is 5.32 Å². The Morgan fingerprint density at radius 2 is 1.81 bits per heavy atom. The van der Waals surface area contributed by atoms with E-state index in [4.69, 9.17) is 11.6 Å². The Morgan fingerprint density at radius 3 is 2.52 bits per heavy atom. The van der Waals surface area contributed by atoms with Crippen LogP contribution in [-0.2, 0) is 17.6 Å². The monoisotopic (exact) mass is 305 g/mol. The minimum atomic E-state index is -0.246. The molecule has 1 amide bonds. The number of halogens is 2. The fourth-order valence-corrected chi connectivity index (χ4v) is 2.25. The van der Waals surface area contributed by atoms with Crippen molar-refractivity contribution in [2.75, 3.05) is 6.54 Å². The summed E-state index contributed by atoms with van der Waals surface area (Å²) < 4.78 is 12.7. The Labute approximate surface area is 128 Å². The molecule has 0 heterocycles. The summed E-state index contributed by atoms with van der Waals surface area (Å²) in [5, 5.41) is 3.55. The fourth-order valence-electron chi connectivity index (χ4n) is 2.04. The molecule has 4 heteroatoms. The predicted octanol–water partition coefficient (Wildman–Crippen LogP) is 3.77. The maximum Gasteiger partial charge on any atom is 0.220 e. The molecule has 1 N–H and O–H groups in total. The molecule has 0 aliphatic carbocycles. The standard InChI is InChI=1S/C17H17ClFNO/c18-15-3-1-2-14(12-15)6-9-17(21)20-11-10-13-4-7-16(19)8-5-13/h1-5,7-8,12H,6,9-11H2,(H,20,21). The number of hydrogen-bond donors (Lipinski definition) is 1. The summed E-state index contributed by atoms with van der Waals surface area (Å²) in [6.07, 6.45) is 1.80. The second-order valence-electron chi connectivity index (χ2n) is 4.86. The molecule has 0 fully saturated rings. The Balaban J connectivity index is 1.69. The van der Waals surface area contributed by atoms with Gasteiger partial charge in [-0.2, -0.15) is 0 Å². The van der Waals surface area contributed by atoms with Crippen LogP contribution in [0.15, 0.2) is 48.5 Å². The molecule has 2 rings (SSSR count). The van der Waals surface area contributed by atoms with Crippen molar-refractivity contribution in [2.24, 2.45) is 0 Å². The van der Waals surface area contributed by atoms with Crippen LogP contribution in [0.3, 0.4) is 0 Å². The fraction of sp³-hybridized carbons (Fsp3) is 0.235. The summed E-state index contributed by atoms with van der Waals surface area (Å²) in [7, 11) is 0. The van der Waals surface area contributed by atoms with Crippen molar-refractivity contribution in [2.45, 2.75) is 19.3 Å². The average molecular weight is 306 g/mol. The number of carbonyl (C=O) groups excluding carboxylic acids is 1. The van der Waals surface area contributed by atoms with Gasteiger partial charge in [0.25, 0.3) is 0 Å². The first-order valence-electron chi connectivity index (χ1n) is 6.89. The Morgan fingerprint density at radius 1 is 1.05 bits per heavy atom. The molecule has 2 aromatic carbocycles. The molecule has 0 bridgehead atoms. The van der Waals surface area contributed by atoms with Crippen molar-refractivity contribution >= 4 is 17.5 Å². The first-order chi connectivity index (χ1) is 10.1. The molecule has 110 valence electrons. The molecule has 0 saturated heterocycles. The van der Waals surface area contributed by atoms with E-state index in [0.717, 1.165) is 11.1 Å². The van der Waals surface area contributed by atoms with Crippen LogP contribution in [0.1, 0.15) is 17.5 Å². The second-order valence-corrected chi connectivity index (χ2v) is 5.29. The molecule has 0 aliphatic heterocycles. The molecule has 0 spiro atoms. The van der Waals surface area contributed by atoms with E-state index in [2.05, 4.69) is 5.32 Å². The molecule has 0 atom stereocenters. The Bertz CT molecular complexity index is 598. The van der Waals surface area contributed by atoms with E-state index in [1.807, 2.05) is 24.3 Å². The lowest BCUT2D eigenvalue weighted by molar-refractivity contribution is -0.121. The van der Waals surface area contributed by atoms with Gasteiger partial charge in [-0.3, -0.25) is 4.79 Å². The quantitative estimate of drug-likeness (QED) is 0.865. The third-order valence-corrected chi connectivity index (χ3v) is 3.41. The average Bonchev–Trinajstić information content (AvgIpc) is 2.47. The third-order valence-electron chi connectivity index (χ3n) is 3.18. The van der Waals surface area contributed by atoms with Crippen molar-refractivity contribution in [3.8, 4) is 0 Å². The molecule has 0 aliphatic rings. The number of benzene rings is 2. The van der Waals surface area contributed by atoms with Crippen LogP contribution >= 0.6 is 11.6 Å². The highest BCUT2D eigenvalue weighted by molar-refractivity contribution is 6.30. The van der Waals surface area contributed by atoms with Crippen molar-refractivity contribution < 1.29 is 9.18 Å². The largest absolute Gasteiger partial charge is 0.356 e. The van der Waals surface area contributed by atoms with Gasteiger partial charge in [-0.25, -0.2) is 4.39 Å². The van der Waals surface area contributed by atoms with E-state index < -0.39 is 0 Å². The summed E-state index contributed by atoms with van der Waals surface area (Å²) in [5.74, 6) is -0.235. The van der Waals surface area contributed by atoms with Gasteiger partial charge in [-0.05, 0) is 48.2 Å². The molecule has 0 unspecified atom stereocenters. The Hall–Kier alpha value is -1.87. The van der Waals surface area contributed by atoms with Crippen molar-refractivity contribution in [1.29, 1.82) is 0 Å². The number of amides is 1. The minimum Gasteiger partial charge on any atom is -0.356 e. The molecule has 2 aromatic rings. The van der Waals surface area contributed by atoms with Gasteiger partial charge in [-0.1, -0.05) is 35.9 Å². The topological polar surface area (TPSA) is 29.1 Å². The minimum absolute atomic E-state index is 0.0112. The van der Waals surface area contributed by atoms with Gasteiger partial charge in [0.1, 0.15) is 5.82 Å². The number of aryl methyl sites for hydroxylation is 1. The molecule has 2 nitrogen and oxygen atoms in total. The van der Waals surface area contributed by atoms with E-state index in [1.165, 1.54) is 12.1 Å². The van der Waals surface area contributed by atoms with Crippen LogP contribution in [0.4, 0.5) is 4.39 Å². The van der Waals surface area contributed by atoms with Crippen LogP contribution in [-0.4, -0.2) is 12.5 Å². The van der Waals surface area contributed by atoms with E-state index in [1.54, 1.807) is 12.1 Å². The van der Waals surface area contributed by atoms with E-state index >= 15 is 0 Å². The van der Waals surface area contributed by atoms with E-state index in [-0.39, 0.29) is 11.7 Å². The van der Waals surface area contributed by atoms with E-state index in [9.17, 15) is 9.18 Å². The van der Waals surface area contributed by atoms with Gasteiger partial charge in [0, 0.05) is 18.0 Å². The van der Waals surface area contributed by atoms with Gasteiger partial charge >= 0.3 is 0 Å². The van der Waals surface area contributed by atoms with Crippen molar-refractivity contribution in [1.82, 2.24) is 5.32 Å². The van der Waals surface area contributed by atoms with E-state index in [0.29, 0.717) is 30.8 Å². The number of rotatable bonds is 6. The lowest BCUT2D eigenvalue weighted by Crippen LogP contribution is -2.25. The van der Waals surface area contributed by atoms with Crippen LogP contribution in [0, 0.1) is 5.82 Å². The number of nitrogens with one attached hydrogen (secondary N) is 1. The second kappa shape index (κ2) is 7.79. The SMILES string of the molecule is O=C(CCc1cccc(Cl)c1)NCCc1ccc(F)cc1. The lowest BCUT2D eigenvalue weighted by Gasteiger charge is -2.06. The summed E-state index contributed by atoms with van der Waals surface area (Å²) in [4.78, 5) is 11.7.